The van der Waals surface area contributed by atoms with Gasteiger partial charge in [-0.3, -0.25) is 14.5 Å². The van der Waals surface area contributed by atoms with Gasteiger partial charge in [0.2, 0.25) is 11.8 Å². The van der Waals surface area contributed by atoms with Crippen LogP contribution in [0.2, 0.25) is 0 Å². The number of alkyl halides is 3. The van der Waals surface area contributed by atoms with E-state index in [1.807, 2.05) is 0 Å². The van der Waals surface area contributed by atoms with Crippen molar-refractivity contribution in [2.45, 2.75) is 25.6 Å². The summed E-state index contributed by atoms with van der Waals surface area (Å²) in [6, 6.07) is 4.89. The molecule has 1 aliphatic rings. The van der Waals surface area contributed by atoms with Crippen molar-refractivity contribution in [2.75, 3.05) is 26.7 Å². The normalized spacial score (nSPS) is 18.4. The first-order valence-electron chi connectivity index (χ1n) is 8.08. The Labute approximate surface area is 144 Å². The van der Waals surface area contributed by atoms with Crippen molar-refractivity contribution in [3.05, 3.63) is 35.4 Å². The summed E-state index contributed by atoms with van der Waals surface area (Å²) in [6.45, 7) is 1.42. The number of carbonyl (C=O) groups excluding carboxylic acids is 2. The van der Waals surface area contributed by atoms with Crippen molar-refractivity contribution in [1.82, 2.24) is 9.80 Å². The van der Waals surface area contributed by atoms with Gasteiger partial charge in [-0.2, -0.15) is 13.2 Å². The number of amides is 2. The van der Waals surface area contributed by atoms with E-state index >= 15 is 0 Å². The molecule has 1 fully saturated rings. The number of nitrogens with zero attached hydrogens (tertiary/aromatic N) is 2. The number of rotatable bonds is 5. The fourth-order valence-corrected chi connectivity index (χ4v) is 2.93. The van der Waals surface area contributed by atoms with Crippen molar-refractivity contribution in [2.24, 2.45) is 11.7 Å². The zero-order valence-electron chi connectivity index (χ0n) is 14.1. The summed E-state index contributed by atoms with van der Waals surface area (Å²) in [5.74, 6) is -0.811. The Morgan fingerprint density at radius 1 is 1.28 bits per heavy atom. The Bertz CT molecular complexity index is 617. The van der Waals surface area contributed by atoms with E-state index in [1.165, 1.54) is 12.1 Å². The third-order valence-corrected chi connectivity index (χ3v) is 4.32. The van der Waals surface area contributed by atoms with Crippen molar-refractivity contribution in [3.63, 3.8) is 0 Å². The van der Waals surface area contributed by atoms with Crippen LogP contribution in [0.15, 0.2) is 24.3 Å². The number of carbonyl (C=O) groups is 2. The molecule has 0 saturated carbocycles. The number of likely N-dealkylation sites (N-methyl/N-ethyl adjacent to an activating group) is 1. The Morgan fingerprint density at radius 2 is 1.92 bits per heavy atom. The molecular weight excluding hydrogens is 335 g/mol. The maximum atomic E-state index is 12.6. The van der Waals surface area contributed by atoms with Gasteiger partial charge >= 0.3 is 6.18 Å². The number of likely N-dealkylation sites (tertiary alicyclic amines) is 1. The summed E-state index contributed by atoms with van der Waals surface area (Å²) in [6.07, 6.45) is -2.92. The van der Waals surface area contributed by atoms with E-state index < -0.39 is 17.6 Å². The first kappa shape index (κ1) is 19.2. The van der Waals surface area contributed by atoms with Crippen LogP contribution in [0.25, 0.3) is 0 Å². The summed E-state index contributed by atoms with van der Waals surface area (Å²) in [7, 11) is 1.73. The lowest BCUT2D eigenvalue weighted by Gasteiger charge is -2.32. The van der Waals surface area contributed by atoms with Gasteiger partial charge in [0, 0.05) is 19.6 Å². The minimum Gasteiger partial charge on any atom is -0.369 e. The van der Waals surface area contributed by atoms with Crippen LogP contribution in [-0.2, 0) is 22.3 Å². The maximum Gasteiger partial charge on any atom is 0.416 e. The molecular formula is C17H22F3N3O2. The second-order valence-corrected chi connectivity index (χ2v) is 6.45. The van der Waals surface area contributed by atoms with Crippen LogP contribution < -0.4 is 5.73 Å². The molecule has 0 spiro atoms. The van der Waals surface area contributed by atoms with Crippen LogP contribution in [0.4, 0.5) is 13.2 Å². The van der Waals surface area contributed by atoms with Crippen molar-refractivity contribution in [3.8, 4) is 0 Å². The summed E-state index contributed by atoms with van der Waals surface area (Å²) in [4.78, 5) is 27.0. The third-order valence-electron chi connectivity index (χ3n) is 4.32. The highest BCUT2D eigenvalue weighted by molar-refractivity contribution is 5.81. The van der Waals surface area contributed by atoms with Crippen LogP contribution in [0.1, 0.15) is 24.0 Å². The van der Waals surface area contributed by atoms with Gasteiger partial charge in [0.25, 0.3) is 0 Å². The summed E-state index contributed by atoms with van der Waals surface area (Å²) in [5.41, 5.74) is 5.31. The fourth-order valence-electron chi connectivity index (χ4n) is 2.93. The SMILES string of the molecule is CN(CC(=O)N1CCCC(C(N)=O)C1)Cc1ccc(C(F)(F)F)cc1. The van der Waals surface area contributed by atoms with Crippen LogP contribution in [0.3, 0.4) is 0 Å². The van der Waals surface area contributed by atoms with Gasteiger partial charge in [0.1, 0.15) is 0 Å². The second kappa shape index (κ2) is 7.86. The molecule has 2 rings (SSSR count). The van der Waals surface area contributed by atoms with E-state index in [9.17, 15) is 22.8 Å². The lowest BCUT2D eigenvalue weighted by molar-refractivity contribution is -0.138. The average molecular weight is 357 g/mol. The summed E-state index contributed by atoms with van der Waals surface area (Å²) >= 11 is 0. The molecule has 1 atom stereocenters. The lowest BCUT2D eigenvalue weighted by atomic mass is 9.97. The first-order valence-corrected chi connectivity index (χ1v) is 8.08. The van der Waals surface area contributed by atoms with Crippen LogP contribution >= 0.6 is 0 Å². The van der Waals surface area contributed by atoms with E-state index in [0.717, 1.165) is 18.6 Å². The van der Waals surface area contributed by atoms with Gasteiger partial charge in [-0.25, -0.2) is 0 Å². The molecule has 1 aliphatic heterocycles. The molecule has 1 unspecified atom stereocenters. The topological polar surface area (TPSA) is 66.6 Å². The van der Waals surface area contributed by atoms with Gasteiger partial charge in [-0.05, 0) is 37.6 Å². The fraction of sp³-hybridized carbons (Fsp3) is 0.529. The Balaban J connectivity index is 1.88. The van der Waals surface area contributed by atoms with Crippen molar-refractivity contribution < 1.29 is 22.8 Å². The van der Waals surface area contributed by atoms with Crippen LogP contribution in [0, 0.1) is 5.92 Å². The molecule has 1 saturated heterocycles. The molecule has 5 nitrogen and oxygen atoms in total. The quantitative estimate of drug-likeness (QED) is 0.875. The highest BCUT2D eigenvalue weighted by Crippen LogP contribution is 2.29. The average Bonchev–Trinajstić information content (AvgIpc) is 2.54. The number of hydrogen-bond acceptors (Lipinski definition) is 3. The van der Waals surface area contributed by atoms with E-state index in [0.29, 0.717) is 31.6 Å². The number of hydrogen-bond donors (Lipinski definition) is 1. The zero-order chi connectivity index (χ0) is 18.6. The standard InChI is InChI=1S/C17H22F3N3O2/c1-22(9-12-4-6-14(7-5-12)17(18,19)20)11-15(24)23-8-2-3-13(10-23)16(21)25/h4-7,13H,2-3,8-11H2,1H3,(H2,21,25). The molecule has 0 aliphatic carbocycles. The third kappa shape index (κ3) is 5.45. The van der Waals surface area contributed by atoms with Gasteiger partial charge in [0.15, 0.2) is 0 Å². The molecule has 1 aromatic rings. The maximum absolute atomic E-state index is 12.6. The van der Waals surface area contributed by atoms with E-state index in [-0.39, 0.29) is 18.4 Å². The zero-order valence-corrected chi connectivity index (χ0v) is 14.1. The monoisotopic (exact) mass is 357 g/mol. The number of halogens is 3. The Morgan fingerprint density at radius 3 is 2.48 bits per heavy atom. The highest BCUT2D eigenvalue weighted by Gasteiger charge is 2.30. The highest BCUT2D eigenvalue weighted by atomic mass is 19.4. The molecule has 0 aromatic heterocycles. The first-order chi connectivity index (χ1) is 11.7. The smallest absolute Gasteiger partial charge is 0.369 e. The molecule has 2 N–H and O–H groups in total. The predicted molar refractivity (Wildman–Crippen MR) is 86.3 cm³/mol. The lowest BCUT2D eigenvalue weighted by Crippen LogP contribution is -2.47. The van der Waals surface area contributed by atoms with E-state index in [1.54, 1.807) is 16.8 Å². The van der Waals surface area contributed by atoms with Crippen LogP contribution in [-0.4, -0.2) is 48.3 Å². The molecule has 138 valence electrons. The molecule has 25 heavy (non-hydrogen) atoms. The summed E-state index contributed by atoms with van der Waals surface area (Å²) in [5, 5.41) is 0. The van der Waals surface area contributed by atoms with Crippen molar-refractivity contribution in [1.29, 1.82) is 0 Å². The number of nitrogens with two attached hydrogens (primary N) is 1. The molecule has 2 amide bonds. The molecule has 0 radical (unpaired) electrons. The molecule has 1 aromatic carbocycles. The number of piperidine rings is 1. The number of primary amides is 1. The van der Waals surface area contributed by atoms with Crippen LogP contribution in [0.5, 0.6) is 0 Å². The Kier molecular flexibility index (Phi) is 6.05. The van der Waals surface area contributed by atoms with Gasteiger partial charge in [-0.1, -0.05) is 12.1 Å². The Hall–Kier alpha value is -2.09. The van der Waals surface area contributed by atoms with Gasteiger partial charge in [0.05, 0.1) is 18.0 Å². The molecule has 8 heteroatoms. The minimum atomic E-state index is -4.36. The predicted octanol–water partition coefficient (Wildman–Crippen LogP) is 1.86. The van der Waals surface area contributed by atoms with Gasteiger partial charge in [-0.15, -0.1) is 0 Å². The van der Waals surface area contributed by atoms with Gasteiger partial charge < -0.3 is 10.6 Å². The summed E-state index contributed by atoms with van der Waals surface area (Å²) < 4.78 is 37.7. The largest absolute Gasteiger partial charge is 0.416 e. The van der Waals surface area contributed by atoms with Crippen molar-refractivity contribution >= 4 is 11.8 Å². The minimum absolute atomic E-state index is 0.111. The van der Waals surface area contributed by atoms with E-state index in [2.05, 4.69) is 0 Å². The molecule has 1 heterocycles. The second-order valence-electron chi connectivity index (χ2n) is 6.45. The number of benzene rings is 1. The molecule has 0 bridgehead atoms. The van der Waals surface area contributed by atoms with E-state index in [4.69, 9.17) is 5.73 Å².